The van der Waals surface area contributed by atoms with Gasteiger partial charge in [0.15, 0.2) is 0 Å². The van der Waals surface area contributed by atoms with E-state index in [9.17, 15) is 0 Å². The molecule has 5 rings (SSSR count). The molecule has 2 unspecified atom stereocenters. The number of morpholine rings is 1. The summed E-state index contributed by atoms with van der Waals surface area (Å²) in [6, 6.07) is 0.562. The van der Waals surface area contributed by atoms with Crippen LogP contribution in [-0.2, 0) is 4.74 Å². The number of hydrogen-bond acceptors (Lipinski definition) is 2. The fourth-order valence-electron chi connectivity index (χ4n) is 5.98. The first-order valence-electron chi connectivity index (χ1n) is 8.07. The van der Waals surface area contributed by atoms with E-state index in [1.165, 1.54) is 25.7 Å². The van der Waals surface area contributed by atoms with Crippen molar-refractivity contribution in [1.82, 2.24) is 5.32 Å². The molecule has 0 aromatic carbocycles. The zero-order chi connectivity index (χ0) is 12.2. The molecule has 0 aromatic rings. The molecule has 2 atom stereocenters. The summed E-state index contributed by atoms with van der Waals surface area (Å²) in [5.74, 6) is 3.22. The second-order valence-corrected chi connectivity index (χ2v) is 7.77. The summed E-state index contributed by atoms with van der Waals surface area (Å²) in [5.41, 5.74) is 0.673. The van der Waals surface area contributed by atoms with Crippen molar-refractivity contribution in [3.63, 3.8) is 0 Å². The standard InChI is InChI=1S/C16H27NO/c1-11-15(18-3-2-17-11)10-16-7-12-4-13(8-16)6-14(5-12)9-16/h11-15,17H,2-10H2,1H3. The molecule has 1 heterocycles. The van der Waals surface area contributed by atoms with E-state index in [0.29, 0.717) is 17.6 Å². The Morgan fingerprint density at radius 2 is 1.67 bits per heavy atom. The average Bonchev–Trinajstić information content (AvgIpc) is 2.30. The quantitative estimate of drug-likeness (QED) is 0.812. The molecule has 18 heavy (non-hydrogen) atoms. The maximum Gasteiger partial charge on any atom is 0.0731 e. The first-order valence-corrected chi connectivity index (χ1v) is 8.07. The highest BCUT2D eigenvalue weighted by molar-refractivity contribution is 5.03. The lowest BCUT2D eigenvalue weighted by Gasteiger charge is -2.58. The van der Waals surface area contributed by atoms with Gasteiger partial charge in [0.05, 0.1) is 12.7 Å². The Kier molecular flexibility index (Phi) is 2.74. The third-order valence-electron chi connectivity index (χ3n) is 6.26. The Hall–Kier alpha value is -0.0800. The SMILES string of the molecule is CC1NCCOC1CC12CC3CC(CC(C3)C1)C2. The van der Waals surface area contributed by atoms with Gasteiger partial charge in [0.25, 0.3) is 0 Å². The second-order valence-electron chi connectivity index (χ2n) is 7.77. The zero-order valence-corrected chi connectivity index (χ0v) is 11.7. The topological polar surface area (TPSA) is 21.3 Å². The summed E-state index contributed by atoms with van der Waals surface area (Å²) in [6.07, 6.45) is 11.0. The number of rotatable bonds is 2. The van der Waals surface area contributed by atoms with Gasteiger partial charge in [-0.25, -0.2) is 0 Å². The van der Waals surface area contributed by atoms with E-state index in [2.05, 4.69) is 12.2 Å². The molecule has 4 aliphatic carbocycles. The van der Waals surface area contributed by atoms with Gasteiger partial charge in [-0.1, -0.05) is 0 Å². The molecule has 1 saturated heterocycles. The molecular formula is C16H27NO. The van der Waals surface area contributed by atoms with Crippen molar-refractivity contribution in [2.75, 3.05) is 13.2 Å². The predicted octanol–water partition coefficient (Wildman–Crippen LogP) is 2.97. The Morgan fingerprint density at radius 1 is 1.06 bits per heavy atom. The van der Waals surface area contributed by atoms with Crippen LogP contribution in [0.1, 0.15) is 51.9 Å². The Labute approximate surface area is 111 Å². The maximum absolute atomic E-state index is 6.07. The van der Waals surface area contributed by atoms with Crippen molar-refractivity contribution in [1.29, 1.82) is 0 Å². The van der Waals surface area contributed by atoms with E-state index < -0.39 is 0 Å². The summed E-state index contributed by atoms with van der Waals surface area (Å²) in [7, 11) is 0. The van der Waals surface area contributed by atoms with Crippen LogP contribution in [0.4, 0.5) is 0 Å². The first-order chi connectivity index (χ1) is 8.72. The predicted molar refractivity (Wildman–Crippen MR) is 72.4 cm³/mol. The molecule has 4 saturated carbocycles. The van der Waals surface area contributed by atoms with Crippen LogP contribution >= 0.6 is 0 Å². The van der Waals surface area contributed by atoms with Crippen LogP contribution in [0.2, 0.25) is 0 Å². The number of hydrogen-bond donors (Lipinski definition) is 1. The third kappa shape index (κ3) is 1.92. The molecule has 0 radical (unpaired) electrons. The second kappa shape index (κ2) is 4.21. The van der Waals surface area contributed by atoms with E-state index in [1.807, 2.05) is 0 Å². The Morgan fingerprint density at radius 3 is 2.22 bits per heavy atom. The summed E-state index contributed by atoms with van der Waals surface area (Å²) in [6.45, 7) is 4.27. The first kappa shape index (κ1) is 11.7. The Bertz CT molecular complexity index is 292. The molecule has 2 nitrogen and oxygen atoms in total. The number of ether oxygens (including phenoxy) is 1. The van der Waals surface area contributed by atoms with Gasteiger partial charge < -0.3 is 10.1 Å². The average molecular weight is 249 g/mol. The molecule has 102 valence electrons. The molecule has 2 heteroatoms. The molecule has 5 fully saturated rings. The summed E-state index contributed by atoms with van der Waals surface area (Å²) in [4.78, 5) is 0. The smallest absolute Gasteiger partial charge is 0.0731 e. The van der Waals surface area contributed by atoms with Crippen LogP contribution < -0.4 is 5.32 Å². The maximum atomic E-state index is 6.07. The fourth-order valence-corrected chi connectivity index (χ4v) is 5.98. The molecule has 0 amide bonds. The fraction of sp³-hybridized carbons (Fsp3) is 1.00. The highest BCUT2D eigenvalue weighted by Crippen LogP contribution is 2.61. The molecule has 1 N–H and O–H groups in total. The van der Waals surface area contributed by atoms with Crippen LogP contribution in [-0.4, -0.2) is 25.3 Å². The van der Waals surface area contributed by atoms with Crippen molar-refractivity contribution in [2.24, 2.45) is 23.2 Å². The summed E-state index contributed by atoms with van der Waals surface area (Å²) >= 11 is 0. The van der Waals surface area contributed by atoms with Crippen LogP contribution in [0.15, 0.2) is 0 Å². The van der Waals surface area contributed by atoms with Crippen LogP contribution in [0.5, 0.6) is 0 Å². The molecule has 5 aliphatic rings. The van der Waals surface area contributed by atoms with Crippen LogP contribution in [0.3, 0.4) is 0 Å². The van der Waals surface area contributed by atoms with Crippen LogP contribution in [0.25, 0.3) is 0 Å². The molecule has 1 aliphatic heterocycles. The van der Waals surface area contributed by atoms with Gasteiger partial charge in [-0.3, -0.25) is 0 Å². The monoisotopic (exact) mass is 249 g/mol. The number of nitrogens with one attached hydrogen (secondary N) is 1. The van der Waals surface area contributed by atoms with Crippen molar-refractivity contribution < 1.29 is 4.74 Å². The molecule has 4 bridgehead atoms. The lowest BCUT2D eigenvalue weighted by Crippen LogP contribution is -2.52. The minimum absolute atomic E-state index is 0.481. The Balaban J connectivity index is 1.50. The zero-order valence-electron chi connectivity index (χ0n) is 11.7. The van der Waals surface area contributed by atoms with Gasteiger partial charge in [0, 0.05) is 12.6 Å². The summed E-state index contributed by atoms with van der Waals surface area (Å²) < 4.78 is 6.07. The van der Waals surface area contributed by atoms with E-state index in [0.717, 1.165) is 30.9 Å². The lowest BCUT2D eigenvalue weighted by atomic mass is 9.48. The lowest BCUT2D eigenvalue weighted by molar-refractivity contribution is -0.0996. The van der Waals surface area contributed by atoms with E-state index in [-0.39, 0.29) is 0 Å². The molecular weight excluding hydrogens is 222 g/mol. The molecule has 0 aromatic heterocycles. The largest absolute Gasteiger partial charge is 0.375 e. The normalized spacial score (nSPS) is 54.8. The minimum Gasteiger partial charge on any atom is -0.375 e. The van der Waals surface area contributed by atoms with Crippen molar-refractivity contribution in [2.45, 2.75) is 64.0 Å². The van der Waals surface area contributed by atoms with Crippen LogP contribution in [0, 0.1) is 23.2 Å². The van der Waals surface area contributed by atoms with E-state index in [4.69, 9.17) is 4.74 Å². The highest BCUT2D eigenvalue weighted by Gasteiger charge is 2.51. The van der Waals surface area contributed by atoms with Gasteiger partial charge in [-0.05, 0) is 75.0 Å². The summed E-state index contributed by atoms with van der Waals surface area (Å²) in [5, 5.41) is 3.59. The van der Waals surface area contributed by atoms with Crippen molar-refractivity contribution in [3.8, 4) is 0 Å². The van der Waals surface area contributed by atoms with Crippen molar-refractivity contribution in [3.05, 3.63) is 0 Å². The van der Waals surface area contributed by atoms with Crippen molar-refractivity contribution >= 4 is 0 Å². The van der Waals surface area contributed by atoms with Gasteiger partial charge in [0.2, 0.25) is 0 Å². The van der Waals surface area contributed by atoms with Gasteiger partial charge in [-0.15, -0.1) is 0 Å². The highest BCUT2D eigenvalue weighted by atomic mass is 16.5. The van der Waals surface area contributed by atoms with Gasteiger partial charge >= 0.3 is 0 Å². The minimum atomic E-state index is 0.481. The molecule has 0 spiro atoms. The van der Waals surface area contributed by atoms with Gasteiger partial charge in [0.1, 0.15) is 0 Å². The third-order valence-corrected chi connectivity index (χ3v) is 6.26. The van der Waals surface area contributed by atoms with E-state index >= 15 is 0 Å². The van der Waals surface area contributed by atoms with Gasteiger partial charge in [-0.2, -0.15) is 0 Å². The van der Waals surface area contributed by atoms with E-state index in [1.54, 1.807) is 19.3 Å².